The molecule has 0 spiro atoms. The lowest BCUT2D eigenvalue weighted by atomic mass is 10.2. The van der Waals surface area contributed by atoms with Gasteiger partial charge in [0.15, 0.2) is 0 Å². The summed E-state index contributed by atoms with van der Waals surface area (Å²) in [6, 6.07) is 10.4. The van der Waals surface area contributed by atoms with Crippen molar-refractivity contribution in [3.05, 3.63) is 59.9 Å². The van der Waals surface area contributed by atoms with Gasteiger partial charge in [-0.25, -0.2) is 8.42 Å². The van der Waals surface area contributed by atoms with Crippen LogP contribution < -0.4 is 10.9 Å². The second-order valence-corrected chi connectivity index (χ2v) is 8.14. The fourth-order valence-electron chi connectivity index (χ4n) is 2.90. The molecule has 9 heteroatoms. The third-order valence-corrected chi connectivity index (χ3v) is 6.25. The van der Waals surface area contributed by atoms with Crippen molar-refractivity contribution in [2.75, 3.05) is 6.54 Å². The first-order valence-electron chi connectivity index (χ1n) is 8.49. The molecule has 142 valence electrons. The van der Waals surface area contributed by atoms with Crippen LogP contribution in [0.5, 0.6) is 0 Å². The van der Waals surface area contributed by atoms with Crippen molar-refractivity contribution in [2.45, 2.75) is 30.7 Å². The maximum Gasteiger partial charge on any atom is 0.288 e. The Morgan fingerprint density at radius 2 is 1.85 bits per heavy atom. The zero-order chi connectivity index (χ0) is 19.4. The van der Waals surface area contributed by atoms with Gasteiger partial charge < -0.3 is 0 Å². The highest BCUT2D eigenvalue weighted by Crippen LogP contribution is 2.26. The van der Waals surface area contributed by atoms with Crippen molar-refractivity contribution in [3.8, 4) is 0 Å². The highest BCUT2D eigenvalue weighted by atomic mass is 32.2. The summed E-state index contributed by atoms with van der Waals surface area (Å²) in [4.78, 5) is 28.5. The molecule has 2 heterocycles. The van der Waals surface area contributed by atoms with Crippen molar-refractivity contribution in [1.29, 1.82) is 0 Å². The van der Waals surface area contributed by atoms with Crippen LogP contribution in [0.3, 0.4) is 0 Å². The number of hydrogen-bond donors (Lipinski definition) is 2. The van der Waals surface area contributed by atoms with E-state index in [-0.39, 0.29) is 17.1 Å². The fraction of sp³-hybridized carbons (Fsp3) is 0.278. The molecule has 2 aromatic rings. The Kier molecular flexibility index (Phi) is 5.52. The van der Waals surface area contributed by atoms with Gasteiger partial charge in [0, 0.05) is 12.7 Å². The number of nitrogens with zero attached hydrogens (tertiary/aromatic N) is 2. The number of pyridine rings is 1. The molecule has 2 N–H and O–H groups in total. The van der Waals surface area contributed by atoms with Crippen LogP contribution >= 0.6 is 0 Å². The van der Waals surface area contributed by atoms with E-state index in [0.29, 0.717) is 12.8 Å². The Bertz CT molecular complexity index is 930. The third kappa shape index (κ3) is 4.15. The first-order chi connectivity index (χ1) is 12.9. The van der Waals surface area contributed by atoms with Gasteiger partial charge >= 0.3 is 0 Å². The van der Waals surface area contributed by atoms with Gasteiger partial charge in [0.1, 0.15) is 11.7 Å². The Balaban J connectivity index is 1.69. The van der Waals surface area contributed by atoms with Crippen LogP contribution in [0.25, 0.3) is 0 Å². The Labute approximate surface area is 157 Å². The molecule has 0 aliphatic carbocycles. The maximum atomic E-state index is 12.9. The minimum absolute atomic E-state index is 0.144. The quantitative estimate of drug-likeness (QED) is 0.760. The minimum Gasteiger partial charge on any atom is -0.271 e. The zero-order valence-electron chi connectivity index (χ0n) is 14.8. The van der Waals surface area contributed by atoms with E-state index in [9.17, 15) is 18.0 Å². The largest absolute Gasteiger partial charge is 0.288 e. The number of aryl methyl sites for hydroxylation is 1. The van der Waals surface area contributed by atoms with E-state index in [4.69, 9.17) is 0 Å². The van der Waals surface area contributed by atoms with E-state index in [1.165, 1.54) is 28.7 Å². The van der Waals surface area contributed by atoms with Crippen LogP contribution in [-0.4, -0.2) is 42.1 Å². The number of rotatable bonds is 4. The smallest absolute Gasteiger partial charge is 0.271 e. The topological polar surface area (TPSA) is 108 Å². The molecule has 0 bridgehead atoms. The Morgan fingerprint density at radius 3 is 2.52 bits per heavy atom. The summed E-state index contributed by atoms with van der Waals surface area (Å²) in [7, 11) is -3.79. The molecular formula is C18H20N4O4S. The number of nitrogens with one attached hydrogen (secondary N) is 2. The SMILES string of the molecule is Cc1ccc(S(=O)(=O)N2CCC[C@H]2C(=O)NNC(=O)c2ccccn2)cc1. The first-order valence-corrected chi connectivity index (χ1v) is 9.93. The monoisotopic (exact) mass is 388 g/mol. The molecule has 0 unspecified atom stereocenters. The normalized spacial score (nSPS) is 17.4. The van der Waals surface area contributed by atoms with Crippen molar-refractivity contribution < 1.29 is 18.0 Å². The van der Waals surface area contributed by atoms with Gasteiger partial charge in [0.2, 0.25) is 10.0 Å². The molecule has 1 aliphatic heterocycles. The van der Waals surface area contributed by atoms with E-state index >= 15 is 0 Å². The van der Waals surface area contributed by atoms with Crippen LogP contribution in [0.2, 0.25) is 0 Å². The van der Waals surface area contributed by atoms with Crippen LogP contribution in [0.15, 0.2) is 53.6 Å². The van der Waals surface area contributed by atoms with E-state index in [2.05, 4.69) is 15.8 Å². The molecule has 0 radical (unpaired) electrons. The van der Waals surface area contributed by atoms with E-state index in [0.717, 1.165) is 5.56 Å². The summed E-state index contributed by atoms with van der Waals surface area (Å²) in [6.45, 7) is 2.12. The Morgan fingerprint density at radius 1 is 1.11 bits per heavy atom. The molecule has 1 aliphatic rings. The van der Waals surface area contributed by atoms with Crippen LogP contribution in [0.4, 0.5) is 0 Å². The van der Waals surface area contributed by atoms with Crippen molar-refractivity contribution in [2.24, 2.45) is 0 Å². The van der Waals surface area contributed by atoms with Crippen molar-refractivity contribution >= 4 is 21.8 Å². The minimum atomic E-state index is -3.79. The Hall–Kier alpha value is -2.78. The number of hydrazine groups is 1. The van der Waals surface area contributed by atoms with E-state index in [1.807, 2.05) is 6.92 Å². The summed E-state index contributed by atoms with van der Waals surface area (Å²) in [6.07, 6.45) is 2.41. The third-order valence-electron chi connectivity index (χ3n) is 4.33. The predicted octanol–water partition coefficient (Wildman–Crippen LogP) is 1.00. The van der Waals surface area contributed by atoms with E-state index in [1.54, 1.807) is 24.3 Å². The lowest BCUT2D eigenvalue weighted by Crippen LogP contribution is -2.51. The second kappa shape index (κ2) is 7.85. The lowest BCUT2D eigenvalue weighted by Gasteiger charge is -2.23. The molecule has 2 amide bonds. The van der Waals surface area contributed by atoms with Crippen LogP contribution in [-0.2, 0) is 14.8 Å². The molecule has 1 aromatic heterocycles. The maximum absolute atomic E-state index is 12.9. The molecular weight excluding hydrogens is 368 g/mol. The highest BCUT2D eigenvalue weighted by molar-refractivity contribution is 7.89. The number of aromatic nitrogens is 1. The van der Waals surface area contributed by atoms with Gasteiger partial charge in [-0.05, 0) is 44.0 Å². The standard InChI is InChI=1S/C18H20N4O4S/c1-13-7-9-14(10-8-13)27(25,26)22-12-4-6-16(22)18(24)21-20-17(23)15-5-2-3-11-19-15/h2-3,5,7-11,16H,4,6,12H2,1H3,(H,20,23)(H,21,24)/t16-/m0/s1. The molecule has 1 saturated heterocycles. The first kappa shape index (κ1) is 19.0. The number of sulfonamides is 1. The summed E-state index contributed by atoms with van der Waals surface area (Å²) < 4.78 is 26.9. The summed E-state index contributed by atoms with van der Waals surface area (Å²) in [5.41, 5.74) is 5.67. The summed E-state index contributed by atoms with van der Waals surface area (Å²) in [5, 5.41) is 0. The van der Waals surface area contributed by atoms with Crippen molar-refractivity contribution in [1.82, 2.24) is 20.1 Å². The molecule has 1 atom stereocenters. The lowest BCUT2D eigenvalue weighted by molar-refractivity contribution is -0.125. The average molecular weight is 388 g/mol. The van der Waals surface area contributed by atoms with Gasteiger partial charge in [-0.3, -0.25) is 25.4 Å². The summed E-state index contributed by atoms with van der Waals surface area (Å²) >= 11 is 0. The molecule has 27 heavy (non-hydrogen) atoms. The molecule has 1 fully saturated rings. The molecule has 1 aromatic carbocycles. The van der Waals surface area contributed by atoms with Crippen molar-refractivity contribution in [3.63, 3.8) is 0 Å². The second-order valence-electron chi connectivity index (χ2n) is 6.25. The van der Waals surface area contributed by atoms with Gasteiger partial charge in [0.25, 0.3) is 11.8 Å². The molecule has 8 nitrogen and oxygen atoms in total. The van der Waals surface area contributed by atoms with Gasteiger partial charge in [-0.1, -0.05) is 23.8 Å². The highest BCUT2D eigenvalue weighted by Gasteiger charge is 2.39. The average Bonchev–Trinajstić information content (AvgIpc) is 3.18. The molecule has 0 saturated carbocycles. The number of carbonyl (C=O) groups is 2. The number of hydrogen-bond acceptors (Lipinski definition) is 5. The molecule has 3 rings (SSSR count). The number of benzene rings is 1. The zero-order valence-corrected chi connectivity index (χ0v) is 15.6. The van der Waals surface area contributed by atoms with E-state index < -0.39 is 27.9 Å². The number of amides is 2. The predicted molar refractivity (Wildman–Crippen MR) is 97.9 cm³/mol. The van der Waals surface area contributed by atoms with Gasteiger partial charge in [-0.15, -0.1) is 0 Å². The summed E-state index contributed by atoms with van der Waals surface area (Å²) in [5.74, 6) is -1.15. The van der Waals surface area contributed by atoms with Crippen LogP contribution in [0.1, 0.15) is 28.9 Å². The van der Waals surface area contributed by atoms with Gasteiger partial charge in [-0.2, -0.15) is 4.31 Å². The van der Waals surface area contributed by atoms with Gasteiger partial charge in [0.05, 0.1) is 4.90 Å². The number of carbonyl (C=O) groups excluding carboxylic acids is 2. The fourth-order valence-corrected chi connectivity index (χ4v) is 4.55. The van der Waals surface area contributed by atoms with Crippen LogP contribution in [0, 0.1) is 6.92 Å².